The first kappa shape index (κ1) is 12.5. The van der Waals surface area contributed by atoms with Crippen molar-refractivity contribution in [2.75, 3.05) is 18.0 Å². The van der Waals surface area contributed by atoms with Crippen LogP contribution in [0.25, 0.3) is 0 Å². The number of aromatic nitrogens is 1. The molecule has 1 rings (SSSR count). The Kier molecular flexibility index (Phi) is 4.54. The van der Waals surface area contributed by atoms with E-state index in [1.165, 1.54) is 0 Å². The van der Waals surface area contributed by atoms with Gasteiger partial charge < -0.3 is 10.0 Å². The van der Waals surface area contributed by atoms with Crippen molar-refractivity contribution < 1.29 is 5.11 Å². The molecule has 1 atom stereocenters. The highest BCUT2D eigenvalue weighted by atomic mass is 32.1. The summed E-state index contributed by atoms with van der Waals surface area (Å²) >= 11 is 1.58. The van der Waals surface area contributed by atoms with Gasteiger partial charge in [-0.1, -0.05) is 25.2 Å². The summed E-state index contributed by atoms with van der Waals surface area (Å²) in [6.07, 6.45) is 1.36. The Morgan fingerprint density at radius 1 is 1.47 bits per heavy atom. The molecule has 86 valence electrons. The lowest BCUT2D eigenvalue weighted by molar-refractivity contribution is 0.203. The highest BCUT2D eigenvalue weighted by molar-refractivity contribution is 7.15. The van der Waals surface area contributed by atoms with Gasteiger partial charge in [-0.2, -0.15) is 0 Å². The Morgan fingerprint density at radius 2 is 2.13 bits per heavy atom. The molecule has 0 aromatic carbocycles. The van der Waals surface area contributed by atoms with Gasteiger partial charge in [0.25, 0.3) is 0 Å². The largest absolute Gasteiger partial charge is 0.388 e. The zero-order valence-electron chi connectivity index (χ0n) is 9.90. The molecule has 0 saturated heterocycles. The molecule has 0 radical (unpaired) electrons. The molecule has 0 saturated carbocycles. The van der Waals surface area contributed by atoms with Gasteiger partial charge in [0, 0.05) is 19.3 Å². The van der Waals surface area contributed by atoms with Gasteiger partial charge in [-0.05, 0) is 19.8 Å². The lowest BCUT2D eigenvalue weighted by atomic mass is 10.2. The quantitative estimate of drug-likeness (QED) is 0.841. The van der Waals surface area contributed by atoms with E-state index in [1.807, 2.05) is 0 Å². The summed E-state index contributed by atoms with van der Waals surface area (Å²) in [6.45, 7) is 10.3. The number of hydrogen-bond acceptors (Lipinski definition) is 4. The van der Waals surface area contributed by atoms with Crippen LogP contribution in [0.1, 0.15) is 38.7 Å². The molecular weight excluding hydrogens is 208 g/mol. The molecule has 0 aliphatic rings. The third-order valence-electron chi connectivity index (χ3n) is 2.16. The second-order valence-electron chi connectivity index (χ2n) is 4.15. The van der Waals surface area contributed by atoms with Gasteiger partial charge in [0.05, 0.1) is 11.0 Å². The Bertz CT molecular complexity index is 297. The summed E-state index contributed by atoms with van der Waals surface area (Å²) in [7, 11) is 0. The van der Waals surface area contributed by atoms with E-state index in [1.54, 1.807) is 24.5 Å². The van der Waals surface area contributed by atoms with Crippen molar-refractivity contribution in [1.82, 2.24) is 4.98 Å². The van der Waals surface area contributed by atoms with Gasteiger partial charge in [0.15, 0.2) is 5.13 Å². The molecule has 0 bridgehead atoms. The molecule has 0 spiro atoms. The van der Waals surface area contributed by atoms with E-state index in [0.717, 1.165) is 23.1 Å². The number of anilines is 1. The van der Waals surface area contributed by atoms with Crippen LogP contribution in [0.5, 0.6) is 0 Å². The van der Waals surface area contributed by atoms with Crippen LogP contribution in [-0.2, 0) is 0 Å². The number of nitrogens with zero attached hydrogens (tertiary/aromatic N) is 2. The molecule has 0 fully saturated rings. The van der Waals surface area contributed by atoms with Gasteiger partial charge in [0.2, 0.25) is 0 Å². The topological polar surface area (TPSA) is 36.4 Å². The first-order valence-corrected chi connectivity index (χ1v) is 6.25. The maximum Gasteiger partial charge on any atom is 0.185 e. The van der Waals surface area contributed by atoms with Gasteiger partial charge >= 0.3 is 0 Å². The number of rotatable bonds is 5. The van der Waals surface area contributed by atoms with Crippen LogP contribution >= 0.6 is 11.3 Å². The third kappa shape index (κ3) is 3.47. The van der Waals surface area contributed by atoms with Crippen LogP contribution in [0, 0.1) is 5.92 Å². The summed E-state index contributed by atoms with van der Waals surface area (Å²) in [5.74, 6) is 0.629. The molecule has 1 N–H and O–H groups in total. The maximum atomic E-state index is 9.43. The van der Waals surface area contributed by atoms with Gasteiger partial charge in [-0.15, -0.1) is 0 Å². The van der Waals surface area contributed by atoms with E-state index in [-0.39, 0.29) is 0 Å². The minimum Gasteiger partial charge on any atom is -0.388 e. The molecule has 3 nitrogen and oxygen atoms in total. The van der Waals surface area contributed by atoms with Crippen molar-refractivity contribution in [1.29, 1.82) is 0 Å². The average molecular weight is 228 g/mol. The van der Waals surface area contributed by atoms with Gasteiger partial charge in [0.1, 0.15) is 0 Å². The van der Waals surface area contributed by atoms with Crippen molar-refractivity contribution in [3.05, 3.63) is 11.1 Å². The van der Waals surface area contributed by atoms with Crippen LogP contribution in [-0.4, -0.2) is 23.2 Å². The molecule has 0 amide bonds. The molecule has 15 heavy (non-hydrogen) atoms. The first-order chi connectivity index (χ1) is 7.04. The highest BCUT2D eigenvalue weighted by Crippen LogP contribution is 2.27. The fourth-order valence-corrected chi connectivity index (χ4v) is 2.32. The van der Waals surface area contributed by atoms with E-state index in [4.69, 9.17) is 0 Å². The fourth-order valence-electron chi connectivity index (χ4n) is 1.40. The second kappa shape index (κ2) is 5.47. The van der Waals surface area contributed by atoms with Crippen LogP contribution in [0.4, 0.5) is 5.13 Å². The molecule has 4 heteroatoms. The van der Waals surface area contributed by atoms with Crippen molar-refractivity contribution in [3.63, 3.8) is 0 Å². The average Bonchev–Trinajstić information content (AvgIpc) is 2.62. The van der Waals surface area contributed by atoms with Crippen LogP contribution in [0.2, 0.25) is 0 Å². The van der Waals surface area contributed by atoms with E-state index in [9.17, 15) is 5.11 Å². The van der Waals surface area contributed by atoms with E-state index >= 15 is 0 Å². The summed E-state index contributed by atoms with van der Waals surface area (Å²) in [5, 5.41) is 10.4. The Labute approximate surface area is 95.8 Å². The number of hydrogen-bond donors (Lipinski definition) is 1. The van der Waals surface area contributed by atoms with Crippen molar-refractivity contribution in [3.8, 4) is 0 Å². The molecular formula is C11H20N2OS. The normalized spacial score (nSPS) is 13.2. The zero-order valence-corrected chi connectivity index (χ0v) is 10.7. The Balaban J connectivity index is 2.74. The molecule has 0 aliphatic carbocycles. The van der Waals surface area contributed by atoms with Gasteiger partial charge in [-0.3, -0.25) is 0 Å². The summed E-state index contributed by atoms with van der Waals surface area (Å²) in [6, 6.07) is 0. The van der Waals surface area contributed by atoms with Crippen molar-refractivity contribution in [2.45, 2.75) is 33.8 Å². The SMILES string of the molecule is CCN(CC(C)C)c1ncc(C(C)O)s1. The number of aliphatic hydroxyl groups is 1. The summed E-state index contributed by atoms with van der Waals surface area (Å²) < 4.78 is 0. The Morgan fingerprint density at radius 3 is 2.53 bits per heavy atom. The zero-order chi connectivity index (χ0) is 11.4. The van der Waals surface area contributed by atoms with E-state index < -0.39 is 6.10 Å². The third-order valence-corrected chi connectivity index (χ3v) is 3.39. The smallest absolute Gasteiger partial charge is 0.185 e. The van der Waals surface area contributed by atoms with E-state index in [0.29, 0.717) is 5.92 Å². The highest BCUT2D eigenvalue weighted by Gasteiger charge is 2.12. The predicted molar refractivity (Wildman–Crippen MR) is 65.5 cm³/mol. The van der Waals surface area contributed by atoms with Crippen molar-refractivity contribution in [2.24, 2.45) is 5.92 Å². The summed E-state index contributed by atoms with van der Waals surface area (Å²) in [5.41, 5.74) is 0. The molecule has 1 heterocycles. The van der Waals surface area contributed by atoms with Crippen LogP contribution < -0.4 is 4.90 Å². The molecule has 1 unspecified atom stereocenters. The van der Waals surface area contributed by atoms with Crippen LogP contribution in [0.15, 0.2) is 6.20 Å². The minimum atomic E-state index is -0.408. The maximum absolute atomic E-state index is 9.43. The predicted octanol–water partition coefficient (Wildman–Crippen LogP) is 2.68. The molecule has 1 aromatic heterocycles. The lowest BCUT2D eigenvalue weighted by Crippen LogP contribution is -2.26. The standard InChI is InChI=1S/C11H20N2OS/c1-5-13(7-8(2)3)11-12-6-10(15-11)9(4)14/h6,8-9,14H,5,7H2,1-4H3. The number of aliphatic hydroxyl groups excluding tert-OH is 1. The van der Waals surface area contributed by atoms with Gasteiger partial charge in [-0.25, -0.2) is 4.98 Å². The number of thiazole rings is 1. The Hall–Kier alpha value is -0.610. The van der Waals surface area contributed by atoms with E-state index in [2.05, 4.69) is 30.7 Å². The summed E-state index contributed by atoms with van der Waals surface area (Å²) in [4.78, 5) is 7.53. The van der Waals surface area contributed by atoms with Crippen LogP contribution in [0.3, 0.4) is 0 Å². The fraction of sp³-hybridized carbons (Fsp3) is 0.727. The minimum absolute atomic E-state index is 0.408. The molecule has 1 aromatic rings. The monoisotopic (exact) mass is 228 g/mol. The molecule has 0 aliphatic heterocycles. The van der Waals surface area contributed by atoms with Crippen molar-refractivity contribution >= 4 is 16.5 Å². The second-order valence-corrected chi connectivity index (χ2v) is 5.19. The first-order valence-electron chi connectivity index (χ1n) is 5.43. The lowest BCUT2D eigenvalue weighted by Gasteiger charge is -2.21.